The number of ether oxygens (including phenoxy) is 1. The second-order valence-electron chi connectivity index (χ2n) is 4.39. The average Bonchev–Trinajstić information content (AvgIpc) is 2.39. The van der Waals surface area contributed by atoms with Gasteiger partial charge in [-0.3, -0.25) is 9.59 Å². The van der Waals surface area contributed by atoms with Gasteiger partial charge in [0.25, 0.3) is 0 Å². The van der Waals surface area contributed by atoms with Crippen molar-refractivity contribution in [1.82, 2.24) is 4.90 Å². The first kappa shape index (κ1) is 16.5. The Hall–Kier alpha value is -1.59. The lowest BCUT2D eigenvalue weighted by Gasteiger charge is -2.20. The summed E-state index contributed by atoms with van der Waals surface area (Å²) < 4.78 is 4.91. The molecule has 1 N–H and O–H groups in total. The Bertz CT molecular complexity index is 491. The Morgan fingerprint density at radius 1 is 1.40 bits per heavy atom. The number of nitrogens with one attached hydrogen (secondary N) is 1. The van der Waals surface area contributed by atoms with Crippen LogP contribution in [0.15, 0.2) is 18.2 Å². The third-order valence-corrected chi connectivity index (χ3v) is 3.30. The maximum Gasteiger partial charge on any atom is 0.244 e. The van der Waals surface area contributed by atoms with Gasteiger partial charge in [0, 0.05) is 31.3 Å². The molecule has 0 atom stereocenters. The summed E-state index contributed by atoms with van der Waals surface area (Å²) in [6.07, 6.45) is 0. The van der Waals surface area contributed by atoms with Crippen molar-refractivity contribution in [3.05, 3.63) is 28.8 Å². The number of amides is 2. The third kappa shape index (κ3) is 4.83. The first-order chi connectivity index (χ1) is 9.45. The molecule has 20 heavy (non-hydrogen) atoms. The molecule has 0 heterocycles. The summed E-state index contributed by atoms with van der Waals surface area (Å²) in [5, 5.41) is 3.34. The second-order valence-corrected chi connectivity index (χ2v) is 4.80. The van der Waals surface area contributed by atoms with Gasteiger partial charge in [0.1, 0.15) is 0 Å². The van der Waals surface area contributed by atoms with Gasteiger partial charge in [-0.05, 0) is 24.6 Å². The second kappa shape index (κ2) is 7.87. The van der Waals surface area contributed by atoms with Gasteiger partial charge in [-0.15, -0.1) is 0 Å². The van der Waals surface area contributed by atoms with E-state index in [1.807, 2.05) is 6.92 Å². The van der Waals surface area contributed by atoms with E-state index in [1.54, 1.807) is 25.3 Å². The van der Waals surface area contributed by atoms with E-state index >= 15 is 0 Å². The molecule has 0 saturated heterocycles. The van der Waals surface area contributed by atoms with Gasteiger partial charge in [0.05, 0.1) is 13.2 Å². The van der Waals surface area contributed by atoms with Crippen LogP contribution in [0.4, 0.5) is 5.69 Å². The largest absolute Gasteiger partial charge is 0.383 e. The molecule has 1 aromatic rings. The van der Waals surface area contributed by atoms with Crippen molar-refractivity contribution >= 4 is 29.1 Å². The van der Waals surface area contributed by atoms with Crippen LogP contribution in [-0.2, 0) is 14.3 Å². The van der Waals surface area contributed by atoms with Gasteiger partial charge in [-0.1, -0.05) is 17.7 Å². The molecule has 1 aromatic carbocycles. The van der Waals surface area contributed by atoms with Crippen molar-refractivity contribution in [2.24, 2.45) is 0 Å². The van der Waals surface area contributed by atoms with Crippen molar-refractivity contribution in [3.8, 4) is 0 Å². The zero-order valence-electron chi connectivity index (χ0n) is 11.9. The lowest BCUT2D eigenvalue weighted by atomic mass is 10.2. The van der Waals surface area contributed by atoms with E-state index in [9.17, 15) is 9.59 Å². The first-order valence-corrected chi connectivity index (χ1v) is 6.63. The molecule has 0 bridgehead atoms. The molecule has 0 unspecified atom stereocenters. The van der Waals surface area contributed by atoms with Crippen LogP contribution < -0.4 is 5.32 Å². The van der Waals surface area contributed by atoms with Crippen LogP contribution >= 0.6 is 11.6 Å². The van der Waals surface area contributed by atoms with Gasteiger partial charge in [-0.25, -0.2) is 0 Å². The van der Waals surface area contributed by atoms with E-state index in [-0.39, 0.29) is 18.4 Å². The van der Waals surface area contributed by atoms with Crippen LogP contribution in [0, 0.1) is 6.92 Å². The number of carbonyl (C=O) groups is 2. The number of hydrogen-bond donors (Lipinski definition) is 1. The van der Waals surface area contributed by atoms with E-state index in [1.165, 1.54) is 11.8 Å². The summed E-state index contributed by atoms with van der Waals surface area (Å²) in [5.74, 6) is -0.429. The zero-order chi connectivity index (χ0) is 15.1. The Balaban J connectivity index is 2.66. The van der Waals surface area contributed by atoms with Crippen LogP contribution in [0.2, 0.25) is 5.02 Å². The highest BCUT2D eigenvalue weighted by Gasteiger charge is 2.14. The third-order valence-electron chi connectivity index (χ3n) is 2.89. The molecule has 0 aliphatic carbocycles. The monoisotopic (exact) mass is 298 g/mol. The number of hydrogen-bond acceptors (Lipinski definition) is 3. The summed E-state index contributed by atoms with van der Waals surface area (Å²) in [7, 11) is 1.55. The van der Waals surface area contributed by atoms with Crippen molar-refractivity contribution in [1.29, 1.82) is 0 Å². The van der Waals surface area contributed by atoms with Crippen LogP contribution in [0.3, 0.4) is 0 Å². The van der Waals surface area contributed by atoms with Gasteiger partial charge in [0.15, 0.2) is 0 Å². The van der Waals surface area contributed by atoms with E-state index in [2.05, 4.69) is 5.32 Å². The van der Waals surface area contributed by atoms with E-state index in [4.69, 9.17) is 16.3 Å². The van der Waals surface area contributed by atoms with Crippen molar-refractivity contribution in [2.75, 3.05) is 32.1 Å². The molecular weight excluding hydrogens is 280 g/mol. The van der Waals surface area contributed by atoms with Gasteiger partial charge >= 0.3 is 0 Å². The fourth-order valence-corrected chi connectivity index (χ4v) is 1.83. The summed E-state index contributed by atoms with van der Waals surface area (Å²) in [6, 6.07) is 5.29. The first-order valence-electron chi connectivity index (χ1n) is 6.25. The summed E-state index contributed by atoms with van der Waals surface area (Å²) in [6.45, 7) is 4.01. The van der Waals surface area contributed by atoms with E-state index in [0.717, 1.165) is 5.56 Å². The Morgan fingerprint density at radius 3 is 2.70 bits per heavy atom. The highest BCUT2D eigenvalue weighted by Crippen LogP contribution is 2.22. The fraction of sp³-hybridized carbons (Fsp3) is 0.429. The highest BCUT2D eigenvalue weighted by molar-refractivity contribution is 6.31. The predicted octanol–water partition coefficient (Wildman–Crippen LogP) is 2.08. The number of rotatable bonds is 6. The molecule has 5 nitrogen and oxygen atoms in total. The Morgan fingerprint density at radius 2 is 2.10 bits per heavy atom. The molecule has 1 rings (SSSR count). The molecular formula is C14H19ClN2O3. The smallest absolute Gasteiger partial charge is 0.244 e. The maximum absolute atomic E-state index is 12.0. The van der Waals surface area contributed by atoms with E-state index in [0.29, 0.717) is 23.9 Å². The minimum Gasteiger partial charge on any atom is -0.383 e. The number of halogens is 1. The molecule has 0 fully saturated rings. The quantitative estimate of drug-likeness (QED) is 0.875. The van der Waals surface area contributed by atoms with Gasteiger partial charge in [0.2, 0.25) is 11.8 Å². The number of benzene rings is 1. The molecule has 0 spiro atoms. The molecule has 0 aliphatic rings. The standard InChI is InChI=1S/C14H19ClN2O3/c1-10-12(15)5-4-6-13(10)16-14(19)9-17(11(2)18)7-8-20-3/h4-6H,7-9H2,1-3H3,(H,16,19). The van der Waals surface area contributed by atoms with E-state index < -0.39 is 0 Å². The molecule has 0 radical (unpaired) electrons. The van der Waals surface area contributed by atoms with Crippen LogP contribution in [-0.4, -0.2) is 43.5 Å². The topological polar surface area (TPSA) is 58.6 Å². The average molecular weight is 299 g/mol. The molecule has 2 amide bonds. The minimum atomic E-state index is -0.262. The summed E-state index contributed by atoms with van der Waals surface area (Å²) >= 11 is 5.99. The predicted molar refractivity (Wildman–Crippen MR) is 78.9 cm³/mol. The number of nitrogens with zero attached hydrogens (tertiary/aromatic N) is 1. The van der Waals surface area contributed by atoms with Crippen LogP contribution in [0.25, 0.3) is 0 Å². The molecule has 110 valence electrons. The number of carbonyl (C=O) groups excluding carboxylic acids is 2. The zero-order valence-corrected chi connectivity index (χ0v) is 12.7. The summed E-state index contributed by atoms with van der Waals surface area (Å²) in [4.78, 5) is 24.8. The molecule has 6 heteroatoms. The number of methoxy groups -OCH3 is 1. The molecule has 0 saturated carbocycles. The Kier molecular flexibility index (Phi) is 6.48. The van der Waals surface area contributed by atoms with Crippen LogP contribution in [0.5, 0.6) is 0 Å². The van der Waals surface area contributed by atoms with Crippen molar-refractivity contribution in [2.45, 2.75) is 13.8 Å². The highest BCUT2D eigenvalue weighted by atomic mass is 35.5. The Labute approximate surface area is 123 Å². The fourth-order valence-electron chi connectivity index (χ4n) is 1.66. The summed E-state index contributed by atoms with van der Waals surface area (Å²) in [5.41, 5.74) is 1.45. The normalized spacial score (nSPS) is 10.2. The van der Waals surface area contributed by atoms with Gasteiger partial charge in [-0.2, -0.15) is 0 Å². The van der Waals surface area contributed by atoms with Gasteiger partial charge < -0.3 is 15.0 Å². The SMILES string of the molecule is COCCN(CC(=O)Nc1cccc(Cl)c1C)C(C)=O. The molecule has 0 aromatic heterocycles. The maximum atomic E-state index is 12.0. The number of anilines is 1. The van der Waals surface area contributed by atoms with Crippen molar-refractivity contribution in [3.63, 3.8) is 0 Å². The van der Waals surface area contributed by atoms with Crippen LogP contribution in [0.1, 0.15) is 12.5 Å². The lowest BCUT2D eigenvalue weighted by Crippen LogP contribution is -2.38. The lowest BCUT2D eigenvalue weighted by molar-refractivity contribution is -0.133. The minimum absolute atomic E-state index is 0.00928. The van der Waals surface area contributed by atoms with Crippen molar-refractivity contribution < 1.29 is 14.3 Å². The molecule has 0 aliphatic heterocycles.